The largest absolute Gasteiger partial charge is 0.398 e. The first-order valence-electron chi connectivity index (χ1n) is 5.32. The number of nitrogen functional groups attached to an aromatic ring is 1. The quantitative estimate of drug-likeness (QED) is 0.760. The van der Waals surface area contributed by atoms with Gasteiger partial charge in [0.1, 0.15) is 5.82 Å². The van der Waals surface area contributed by atoms with Crippen LogP contribution in [0.25, 0.3) is 10.8 Å². The Kier molecular flexibility index (Phi) is 3.49. The molecule has 1 heterocycles. The van der Waals surface area contributed by atoms with E-state index >= 15 is 0 Å². The second-order valence-corrected chi connectivity index (χ2v) is 4.74. The third kappa shape index (κ3) is 2.35. The number of nitrogens with one attached hydrogen (secondary N) is 1. The van der Waals surface area contributed by atoms with Gasteiger partial charge in [0.05, 0.1) is 6.61 Å². The highest BCUT2D eigenvalue weighted by molar-refractivity contribution is 9.10. The maximum atomic E-state index is 8.84. The first kappa shape index (κ1) is 12.1. The number of hydrogen-bond donors (Lipinski definition) is 3. The Balaban J connectivity index is 2.66. The van der Waals surface area contributed by atoms with Gasteiger partial charge in [0, 0.05) is 33.7 Å². The lowest BCUT2D eigenvalue weighted by atomic mass is 10.1. The summed E-state index contributed by atoms with van der Waals surface area (Å²) in [5.74, 6) is 0.743. The molecule has 0 saturated carbocycles. The molecule has 2 aromatic rings. The summed E-state index contributed by atoms with van der Waals surface area (Å²) in [6.45, 7) is 2.53. The molecule has 90 valence electrons. The molecule has 2 rings (SSSR count). The summed E-state index contributed by atoms with van der Waals surface area (Å²) in [4.78, 5) is 4.30. The Hall–Kier alpha value is -1.33. The summed E-state index contributed by atoms with van der Waals surface area (Å²) in [6.07, 6.45) is 1.72. The van der Waals surface area contributed by atoms with Crippen molar-refractivity contribution in [3.8, 4) is 0 Å². The van der Waals surface area contributed by atoms with Gasteiger partial charge >= 0.3 is 0 Å². The molecule has 0 fully saturated rings. The van der Waals surface area contributed by atoms with E-state index in [-0.39, 0.29) is 6.61 Å². The number of aryl methyl sites for hydroxylation is 1. The van der Waals surface area contributed by atoms with Gasteiger partial charge in [-0.3, -0.25) is 0 Å². The lowest BCUT2D eigenvalue weighted by Gasteiger charge is -2.11. The standard InChI is InChI=1S/C12H14BrN3O/c1-7-4-8-11(10(14)5-7)9(13)6-16-12(8)15-2-3-17/h4-6,17H,2-3,14H2,1H3,(H,15,16). The molecule has 0 radical (unpaired) electrons. The van der Waals surface area contributed by atoms with Gasteiger partial charge in [0.25, 0.3) is 0 Å². The zero-order chi connectivity index (χ0) is 12.4. The van der Waals surface area contributed by atoms with Crippen LogP contribution in [0.15, 0.2) is 22.8 Å². The van der Waals surface area contributed by atoms with Crippen LogP contribution in [0.3, 0.4) is 0 Å². The number of nitrogens with zero attached hydrogens (tertiary/aromatic N) is 1. The lowest BCUT2D eigenvalue weighted by molar-refractivity contribution is 0.311. The van der Waals surface area contributed by atoms with Crippen LogP contribution < -0.4 is 11.1 Å². The number of nitrogens with two attached hydrogens (primary N) is 1. The van der Waals surface area contributed by atoms with Gasteiger partial charge in [-0.25, -0.2) is 4.98 Å². The minimum Gasteiger partial charge on any atom is -0.398 e. The minimum atomic E-state index is 0.0700. The number of rotatable bonds is 3. The average molecular weight is 296 g/mol. The lowest BCUT2D eigenvalue weighted by Crippen LogP contribution is -2.07. The maximum Gasteiger partial charge on any atom is 0.134 e. The van der Waals surface area contributed by atoms with Crippen molar-refractivity contribution in [2.45, 2.75) is 6.92 Å². The molecule has 17 heavy (non-hydrogen) atoms. The molecule has 0 bridgehead atoms. The average Bonchev–Trinajstić information content (AvgIpc) is 2.27. The fraction of sp³-hybridized carbons (Fsp3) is 0.250. The molecule has 0 atom stereocenters. The van der Waals surface area contributed by atoms with Crippen LogP contribution in [0.5, 0.6) is 0 Å². The Morgan fingerprint density at radius 1 is 1.47 bits per heavy atom. The highest BCUT2D eigenvalue weighted by Gasteiger charge is 2.09. The van der Waals surface area contributed by atoms with E-state index in [0.29, 0.717) is 6.54 Å². The Morgan fingerprint density at radius 2 is 2.24 bits per heavy atom. The van der Waals surface area contributed by atoms with E-state index in [9.17, 15) is 0 Å². The van der Waals surface area contributed by atoms with Gasteiger partial charge < -0.3 is 16.2 Å². The van der Waals surface area contributed by atoms with Gasteiger partial charge in [-0.1, -0.05) is 0 Å². The van der Waals surface area contributed by atoms with Crippen LogP contribution in [0.4, 0.5) is 11.5 Å². The summed E-state index contributed by atoms with van der Waals surface area (Å²) in [6, 6.07) is 3.96. The summed E-state index contributed by atoms with van der Waals surface area (Å²) < 4.78 is 0.875. The Labute approximate surface area is 108 Å². The van der Waals surface area contributed by atoms with E-state index in [4.69, 9.17) is 10.8 Å². The van der Waals surface area contributed by atoms with E-state index in [1.54, 1.807) is 6.20 Å². The van der Waals surface area contributed by atoms with E-state index < -0.39 is 0 Å². The molecular weight excluding hydrogens is 282 g/mol. The number of aliphatic hydroxyl groups excluding tert-OH is 1. The number of aliphatic hydroxyl groups is 1. The van der Waals surface area contributed by atoms with Crippen LogP contribution >= 0.6 is 15.9 Å². The number of halogens is 1. The van der Waals surface area contributed by atoms with Crippen molar-refractivity contribution >= 4 is 38.2 Å². The van der Waals surface area contributed by atoms with Crippen molar-refractivity contribution in [3.63, 3.8) is 0 Å². The van der Waals surface area contributed by atoms with Crippen molar-refractivity contribution in [1.29, 1.82) is 0 Å². The molecule has 1 aromatic carbocycles. The fourth-order valence-electron chi connectivity index (χ4n) is 1.84. The number of aromatic nitrogens is 1. The number of anilines is 2. The van der Waals surface area contributed by atoms with Crippen molar-refractivity contribution in [2.24, 2.45) is 0 Å². The Bertz CT molecular complexity index is 557. The normalized spacial score (nSPS) is 10.8. The van der Waals surface area contributed by atoms with Crippen LogP contribution in [0, 0.1) is 6.92 Å². The molecular formula is C12H14BrN3O. The first-order chi connectivity index (χ1) is 8.13. The molecule has 5 heteroatoms. The van der Waals surface area contributed by atoms with Gasteiger partial charge in [0.2, 0.25) is 0 Å². The van der Waals surface area contributed by atoms with Crippen molar-refractivity contribution in [2.75, 3.05) is 24.2 Å². The molecule has 0 amide bonds. The van der Waals surface area contributed by atoms with Gasteiger partial charge in [0.15, 0.2) is 0 Å². The van der Waals surface area contributed by atoms with E-state index in [0.717, 1.165) is 32.3 Å². The van der Waals surface area contributed by atoms with Crippen LogP contribution in [0.2, 0.25) is 0 Å². The van der Waals surface area contributed by atoms with E-state index in [1.165, 1.54) is 0 Å². The highest BCUT2D eigenvalue weighted by atomic mass is 79.9. The topological polar surface area (TPSA) is 71.2 Å². The highest BCUT2D eigenvalue weighted by Crippen LogP contribution is 2.33. The molecule has 1 aromatic heterocycles. The molecule has 0 aliphatic heterocycles. The maximum absolute atomic E-state index is 8.84. The molecule has 4 N–H and O–H groups in total. The third-order valence-corrected chi connectivity index (χ3v) is 3.12. The predicted octanol–water partition coefficient (Wildman–Crippen LogP) is 2.29. The summed E-state index contributed by atoms with van der Waals surface area (Å²) in [5, 5.41) is 13.8. The second kappa shape index (κ2) is 4.89. The van der Waals surface area contributed by atoms with Crippen molar-refractivity contribution in [1.82, 2.24) is 4.98 Å². The first-order valence-corrected chi connectivity index (χ1v) is 6.12. The molecule has 0 aliphatic rings. The van der Waals surface area contributed by atoms with E-state index in [1.807, 2.05) is 19.1 Å². The summed E-state index contributed by atoms with van der Waals surface area (Å²) >= 11 is 3.45. The zero-order valence-electron chi connectivity index (χ0n) is 9.50. The number of hydrogen-bond acceptors (Lipinski definition) is 4. The number of fused-ring (bicyclic) bond motifs is 1. The van der Waals surface area contributed by atoms with E-state index in [2.05, 4.69) is 26.2 Å². The summed E-state index contributed by atoms with van der Waals surface area (Å²) in [7, 11) is 0. The van der Waals surface area contributed by atoms with Gasteiger partial charge in [-0.15, -0.1) is 0 Å². The monoisotopic (exact) mass is 295 g/mol. The Morgan fingerprint density at radius 3 is 2.94 bits per heavy atom. The smallest absolute Gasteiger partial charge is 0.134 e. The number of pyridine rings is 1. The minimum absolute atomic E-state index is 0.0700. The molecule has 0 aliphatic carbocycles. The van der Waals surface area contributed by atoms with Crippen LogP contribution in [0.1, 0.15) is 5.56 Å². The third-order valence-electron chi connectivity index (χ3n) is 2.52. The molecule has 0 unspecified atom stereocenters. The predicted molar refractivity (Wildman–Crippen MR) is 74.2 cm³/mol. The summed E-state index contributed by atoms with van der Waals surface area (Å²) in [5.41, 5.74) is 7.83. The SMILES string of the molecule is Cc1cc(N)c2c(Br)cnc(NCCO)c2c1. The number of benzene rings is 1. The fourth-order valence-corrected chi connectivity index (χ4v) is 2.38. The zero-order valence-corrected chi connectivity index (χ0v) is 11.1. The van der Waals surface area contributed by atoms with Crippen LogP contribution in [-0.4, -0.2) is 23.2 Å². The van der Waals surface area contributed by atoms with Gasteiger partial charge in [-0.05, 0) is 40.5 Å². The molecule has 4 nitrogen and oxygen atoms in total. The van der Waals surface area contributed by atoms with Gasteiger partial charge in [-0.2, -0.15) is 0 Å². The molecule has 0 spiro atoms. The van der Waals surface area contributed by atoms with Crippen molar-refractivity contribution < 1.29 is 5.11 Å². The van der Waals surface area contributed by atoms with Crippen molar-refractivity contribution in [3.05, 3.63) is 28.4 Å². The molecule has 0 saturated heterocycles. The second-order valence-electron chi connectivity index (χ2n) is 3.88. The van der Waals surface area contributed by atoms with Crippen LogP contribution in [-0.2, 0) is 0 Å².